The fourth-order valence-electron chi connectivity index (χ4n) is 2.22. The van der Waals surface area contributed by atoms with E-state index in [-0.39, 0.29) is 6.04 Å². The monoisotopic (exact) mass is 361 g/mol. The quantitative estimate of drug-likeness (QED) is 0.725. The molecule has 3 aromatic rings. The second-order valence-electron chi connectivity index (χ2n) is 5.09. The largest absolute Gasteiger partial charge is 0.333 e. The van der Waals surface area contributed by atoms with E-state index in [0.717, 1.165) is 27.1 Å². The topological polar surface area (TPSA) is 54.7 Å². The Balaban J connectivity index is 1.94. The smallest absolute Gasteiger partial charge is 0.171 e. The van der Waals surface area contributed by atoms with E-state index in [2.05, 4.69) is 44.1 Å². The number of halogens is 1. The summed E-state index contributed by atoms with van der Waals surface area (Å²) in [5.74, 6) is 0. The van der Waals surface area contributed by atoms with Crippen LogP contribution in [0.3, 0.4) is 0 Å². The molecular formula is C16H16BrN3S. The van der Waals surface area contributed by atoms with Crippen molar-refractivity contribution in [1.82, 2.24) is 9.97 Å². The molecule has 0 aliphatic heterocycles. The molecule has 0 amide bonds. The van der Waals surface area contributed by atoms with Gasteiger partial charge in [-0.3, -0.25) is 0 Å². The molecule has 1 unspecified atom stereocenters. The molecule has 1 heterocycles. The number of fused-ring (bicyclic) bond motifs is 1. The van der Waals surface area contributed by atoms with Gasteiger partial charge in [0.1, 0.15) is 0 Å². The van der Waals surface area contributed by atoms with Gasteiger partial charge in [-0.05, 0) is 43.2 Å². The second-order valence-corrected chi connectivity index (χ2v) is 7.04. The Morgan fingerprint density at radius 1 is 1.29 bits per heavy atom. The van der Waals surface area contributed by atoms with Crippen molar-refractivity contribution in [3.8, 4) is 0 Å². The SMILES string of the molecule is CC(N)Cc1ccc(Br)cc1Sc1nc2ccccc2[nH]1. The first-order valence-corrected chi connectivity index (χ1v) is 8.39. The van der Waals surface area contributed by atoms with Gasteiger partial charge in [0, 0.05) is 15.4 Å². The lowest BCUT2D eigenvalue weighted by molar-refractivity contribution is 0.729. The highest BCUT2D eigenvalue weighted by atomic mass is 79.9. The first-order chi connectivity index (χ1) is 10.1. The number of aromatic amines is 1. The van der Waals surface area contributed by atoms with Crippen molar-refractivity contribution in [2.45, 2.75) is 29.4 Å². The molecule has 3 rings (SSSR count). The minimum Gasteiger partial charge on any atom is -0.333 e. The summed E-state index contributed by atoms with van der Waals surface area (Å²) in [4.78, 5) is 9.15. The predicted octanol–water partition coefficient (Wildman–Crippen LogP) is 4.37. The van der Waals surface area contributed by atoms with Crippen LogP contribution in [0.25, 0.3) is 11.0 Å². The molecule has 0 bridgehead atoms. The molecule has 1 atom stereocenters. The molecule has 0 spiro atoms. The summed E-state index contributed by atoms with van der Waals surface area (Å²) >= 11 is 5.18. The number of nitrogens with two attached hydrogens (primary N) is 1. The van der Waals surface area contributed by atoms with Crippen LogP contribution in [0.2, 0.25) is 0 Å². The number of hydrogen-bond acceptors (Lipinski definition) is 3. The zero-order chi connectivity index (χ0) is 14.8. The number of benzene rings is 2. The lowest BCUT2D eigenvalue weighted by atomic mass is 10.1. The number of aromatic nitrogens is 2. The molecule has 0 saturated carbocycles. The van der Waals surface area contributed by atoms with Crippen LogP contribution >= 0.6 is 27.7 Å². The third-order valence-electron chi connectivity index (χ3n) is 3.15. The van der Waals surface area contributed by atoms with Crippen LogP contribution in [-0.4, -0.2) is 16.0 Å². The maximum Gasteiger partial charge on any atom is 0.171 e. The molecule has 1 aromatic heterocycles. The Hall–Kier alpha value is -1.30. The van der Waals surface area contributed by atoms with Gasteiger partial charge in [0.05, 0.1) is 11.0 Å². The van der Waals surface area contributed by atoms with Crippen LogP contribution in [0.5, 0.6) is 0 Å². The fourth-order valence-corrected chi connectivity index (χ4v) is 3.72. The molecule has 21 heavy (non-hydrogen) atoms. The van der Waals surface area contributed by atoms with Crippen molar-refractivity contribution in [2.75, 3.05) is 0 Å². The van der Waals surface area contributed by atoms with E-state index in [1.54, 1.807) is 11.8 Å². The van der Waals surface area contributed by atoms with E-state index < -0.39 is 0 Å². The van der Waals surface area contributed by atoms with Crippen LogP contribution in [0.4, 0.5) is 0 Å². The Bertz CT molecular complexity index is 734. The summed E-state index contributed by atoms with van der Waals surface area (Å²) in [5, 5.41) is 0.903. The summed E-state index contributed by atoms with van der Waals surface area (Å²) in [6.07, 6.45) is 0.857. The molecule has 0 radical (unpaired) electrons. The molecule has 3 nitrogen and oxygen atoms in total. The first-order valence-electron chi connectivity index (χ1n) is 6.78. The zero-order valence-corrected chi connectivity index (χ0v) is 14.0. The van der Waals surface area contributed by atoms with Crippen LogP contribution < -0.4 is 5.73 Å². The Morgan fingerprint density at radius 3 is 2.86 bits per heavy atom. The van der Waals surface area contributed by atoms with Gasteiger partial charge in [-0.25, -0.2) is 4.98 Å². The minimum atomic E-state index is 0.140. The highest BCUT2D eigenvalue weighted by Crippen LogP contribution is 2.32. The standard InChI is InChI=1S/C16H16BrN3S/c1-10(18)8-11-6-7-12(17)9-15(11)21-16-19-13-4-2-3-5-14(13)20-16/h2-7,9-10H,8,18H2,1H3,(H,19,20). The van der Waals surface area contributed by atoms with Crippen LogP contribution in [0, 0.1) is 0 Å². The Morgan fingerprint density at radius 2 is 2.10 bits per heavy atom. The zero-order valence-electron chi connectivity index (χ0n) is 11.6. The van der Waals surface area contributed by atoms with E-state index in [4.69, 9.17) is 5.73 Å². The summed E-state index contributed by atoms with van der Waals surface area (Å²) in [7, 11) is 0. The molecule has 5 heteroatoms. The average Bonchev–Trinajstić information content (AvgIpc) is 2.83. The maximum absolute atomic E-state index is 5.94. The van der Waals surface area contributed by atoms with Gasteiger partial charge in [0.2, 0.25) is 0 Å². The van der Waals surface area contributed by atoms with Gasteiger partial charge in [-0.1, -0.05) is 45.9 Å². The van der Waals surface area contributed by atoms with Crippen molar-refractivity contribution in [1.29, 1.82) is 0 Å². The lowest BCUT2D eigenvalue weighted by Crippen LogP contribution is -2.18. The molecule has 0 fully saturated rings. The third-order valence-corrected chi connectivity index (χ3v) is 4.63. The number of nitrogens with zero attached hydrogens (tertiary/aromatic N) is 1. The highest BCUT2D eigenvalue weighted by Gasteiger charge is 2.10. The normalized spacial score (nSPS) is 12.7. The fraction of sp³-hybridized carbons (Fsp3) is 0.188. The predicted molar refractivity (Wildman–Crippen MR) is 91.7 cm³/mol. The van der Waals surface area contributed by atoms with Crippen molar-refractivity contribution in [3.63, 3.8) is 0 Å². The third kappa shape index (κ3) is 3.48. The maximum atomic E-state index is 5.94. The molecule has 0 aliphatic carbocycles. The number of rotatable bonds is 4. The van der Waals surface area contributed by atoms with Crippen molar-refractivity contribution < 1.29 is 0 Å². The van der Waals surface area contributed by atoms with E-state index >= 15 is 0 Å². The van der Waals surface area contributed by atoms with Gasteiger partial charge >= 0.3 is 0 Å². The highest BCUT2D eigenvalue weighted by molar-refractivity contribution is 9.10. The van der Waals surface area contributed by atoms with E-state index in [1.165, 1.54) is 10.5 Å². The summed E-state index contributed by atoms with van der Waals surface area (Å²) < 4.78 is 1.06. The molecule has 3 N–H and O–H groups in total. The molecule has 2 aromatic carbocycles. The van der Waals surface area contributed by atoms with Crippen LogP contribution in [0.1, 0.15) is 12.5 Å². The van der Waals surface area contributed by atoms with Gasteiger partial charge < -0.3 is 10.7 Å². The molecule has 0 aliphatic rings. The second kappa shape index (κ2) is 6.22. The van der Waals surface area contributed by atoms with Crippen molar-refractivity contribution in [2.24, 2.45) is 5.73 Å². The first kappa shape index (κ1) is 14.6. The van der Waals surface area contributed by atoms with Crippen molar-refractivity contribution in [3.05, 3.63) is 52.5 Å². The van der Waals surface area contributed by atoms with Gasteiger partial charge in [-0.15, -0.1) is 0 Å². The Kier molecular flexibility index (Phi) is 4.33. The summed E-state index contributed by atoms with van der Waals surface area (Å²) in [6.45, 7) is 2.03. The van der Waals surface area contributed by atoms with E-state index in [0.29, 0.717) is 0 Å². The van der Waals surface area contributed by atoms with E-state index in [1.807, 2.05) is 31.2 Å². The van der Waals surface area contributed by atoms with Gasteiger partial charge in [0.15, 0.2) is 5.16 Å². The number of nitrogens with one attached hydrogen (secondary N) is 1. The average molecular weight is 362 g/mol. The molecular weight excluding hydrogens is 346 g/mol. The lowest BCUT2D eigenvalue weighted by Gasteiger charge is -2.10. The number of H-pyrrole nitrogens is 1. The molecule has 0 saturated heterocycles. The number of imidazole rings is 1. The number of hydrogen-bond donors (Lipinski definition) is 2. The minimum absolute atomic E-state index is 0.140. The summed E-state index contributed by atoms with van der Waals surface area (Å²) in [6, 6.07) is 14.5. The van der Waals surface area contributed by atoms with Crippen LogP contribution in [-0.2, 0) is 6.42 Å². The molecule has 108 valence electrons. The van der Waals surface area contributed by atoms with E-state index in [9.17, 15) is 0 Å². The number of para-hydroxylation sites is 2. The van der Waals surface area contributed by atoms with Crippen LogP contribution in [0.15, 0.2) is 57.0 Å². The summed E-state index contributed by atoms with van der Waals surface area (Å²) in [5.41, 5.74) is 9.24. The van der Waals surface area contributed by atoms with Gasteiger partial charge in [-0.2, -0.15) is 0 Å². The van der Waals surface area contributed by atoms with Crippen molar-refractivity contribution >= 4 is 38.7 Å². The van der Waals surface area contributed by atoms with Gasteiger partial charge in [0.25, 0.3) is 0 Å². The Labute approximate surface area is 136 Å².